The van der Waals surface area contributed by atoms with Gasteiger partial charge >= 0.3 is 9.04 Å². The largest absolute Gasteiger partial charge is 0.532 e. The molecule has 0 atom stereocenters. The maximum atomic E-state index is 13.8. The zero-order valence-corrected chi connectivity index (χ0v) is 18.8. The molecule has 0 saturated heterocycles. The second kappa shape index (κ2) is 8.82. The zero-order chi connectivity index (χ0) is 21.8. The molecule has 0 fully saturated rings. The van der Waals surface area contributed by atoms with Gasteiger partial charge in [0.05, 0.1) is 18.1 Å². The molecule has 0 spiro atoms. The van der Waals surface area contributed by atoms with Gasteiger partial charge in [-0.05, 0) is 33.5 Å². The fourth-order valence-corrected chi connectivity index (χ4v) is 5.28. The minimum Gasteiger partial charge on any atom is -0.532 e. The molecule has 0 amide bonds. The minimum absolute atomic E-state index is 0.0589. The van der Waals surface area contributed by atoms with Gasteiger partial charge in [-0.2, -0.15) is 4.39 Å². The van der Waals surface area contributed by atoms with Gasteiger partial charge in [0.1, 0.15) is 5.75 Å². The Bertz CT molecular complexity index is 1120. The fourth-order valence-electron chi connectivity index (χ4n) is 3.33. The average molecular weight is 428 g/mol. The Hall–Kier alpha value is -3.31. The average Bonchev–Trinajstić information content (AvgIpc) is 2.78. The van der Waals surface area contributed by atoms with Crippen LogP contribution in [0.2, 0.25) is 0 Å². The Balaban J connectivity index is 1.85. The van der Waals surface area contributed by atoms with Crippen molar-refractivity contribution in [2.24, 2.45) is 0 Å². The molecule has 0 saturated carbocycles. The van der Waals surface area contributed by atoms with E-state index in [1.54, 1.807) is 6.20 Å². The lowest BCUT2D eigenvalue weighted by Crippen LogP contribution is -2.47. The lowest BCUT2D eigenvalue weighted by atomic mass is 9.86. The molecule has 5 heteroatoms. The van der Waals surface area contributed by atoms with Gasteiger partial charge in [-0.3, -0.25) is 4.98 Å². The summed E-state index contributed by atoms with van der Waals surface area (Å²) in [5.41, 5.74) is 2.27. The summed E-state index contributed by atoms with van der Waals surface area (Å²) in [6, 6.07) is 26.5. The van der Waals surface area contributed by atoms with Crippen molar-refractivity contribution in [1.82, 2.24) is 9.97 Å². The SMILES string of the molecule is CC(C)(C)c1ccc(-c2cncc(F)n2)c(O[Si](c2ccccc2)c2ccccc2)c1. The molecular formula is C26H24FN2OSi. The molecule has 4 aromatic rings. The number of nitrogens with zero attached hydrogens (tertiary/aromatic N) is 2. The van der Waals surface area contributed by atoms with Crippen LogP contribution in [0, 0.1) is 5.95 Å². The third kappa shape index (κ3) is 4.89. The van der Waals surface area contributed by atoms with Crippen molar-refractivity contribution in [2.45, 2.75) is 26.2 Å². The molecule has 4 rings (SSSR count). The Labute approximate surface area is 184 Å². The molecule has 31 heavy (non-hydrogen) atoms. The molecule has 0 bridgehead atoms. The van der Waals surface area contributed by atoms with Crippen LogP contribution >= 0.6 is 0 Å². The van der Waals surface area contributed by atoms with E-state index in [4.69, 9.17) is 4.43 Å². The minimum atomic E-state index is -1.59. The normalized spacial score (nSPS) is 11.5. The van der Waals surface area contributed by atoms with Crippen LogP contribution in [0.1, 0.15) is 26.3 Å². The van der Waals surface area contributed by atoms with Crippen LogP contribution in [0.4, 0.5) is 4.39 Å². The first kappa shape index (κ1) is 20.9. The Kier molecular flexibility index (Phi) is 5.96. The highest BCUT2D eigenvalue weighted by Gasteiger charge is 2.25. The molecule has 0 N–H and O–H groups in total. The number of benzene rings is 3. The molecule has 3 aromatic carbocycles. The highest BCUT2D eigenvalue weighted by atomic mass is 28.3. The van der Waals surface area contributed by atoms with Gasteiger partial charge in [0, 0.05) is 5.56 Å². The summed E-state index contributed by atoms with van der Waals surface area (Å²) in [7, 11) is -1.59. The third-order valence-electron chi connectivity index (χ3n) is 5.01. The summed E-state index contributed by atoms with van der Waals surface area (Å²) >= 11 is 0. The molecule has 3 nitrogen and oxygen atoms in total. The number of hydrogen-bond donors (Lipinski definition) is 0. The van der Waals surface area contributed by atoms with Crippen LogP contribution < -0.4 is 14.8 Å². The molecular weight excluding hydrogens is 403 g/mol. The summed E-state index contributed by atoms with van der Waals surface area (Å²) < 4.78 is 20.6. The van der Waals surface area contributed by atoms with Crippen molar-refractivity contribution >= 4 is 19.4 Å². The van der Waals surface area contributed by atoms with Crippen molar-refractivity contribution in [3.05, 3.63) is 103 Å². The first-order chi connectivity index (χ1) is 14.9. The monoisotopic (exact) mass is 427 g/mol. The van der Waals surface area contributed by atoms with E-state index in [1.165, 1.54) is 0 Å². The summed E-state index contributed by atoms with van der Waals surface area (Å²) in [6.07, 6.45) is 2.68. The fraction of sp³-hybridized carbons (Fsp3) is 0.154. The van der Waals surface area contributed by atoms with Crippen LogP contribution in [0.3, 0.4) is 0 Å². The maximum absolute atomic E-state index is 13.8. The predicted molar refractivity (Wildman–Crippen MR) is 125 cm³/mol. The first-order valence-corrected chi connectivity index (χ1v) is 11.6. The van der Waals surface area contributed by atoms with Crippen LogP contribution in [0.15, 0.2) is 91.3 Å². The van der Waals surface area contributed by atoms with E-state index in [1.807, 2.05) is 48.5 Å². The van der Waals surface area contributed by atoms with Gasteiger partial charge in [-0.15, -0.1) is 0 Å². The quantitative estimate of drug-likeness (QED) is 0.431. The van der Waals surface area contributed by atoms with Crippen LogP contribution in [0.5, 0.6) is 5.75 Å². The van der Waals surface area contributed by atoms with Crippen molar-refractivity contribution in [3.63, 3.8) is 0 Å². The molecule has 1 aromatic heterocycles. The molecule has 155 valence electrons. The van der Waals surface area contributed by atoms with Gasteiger partial charge < -0.3 is 4.43 Å². The van der Waals surface area contributed by atoms with Gasteiger partial charge in [-0.25, -0.2) is 4.98 Å². The summed E-state index contributed by atoms with van der Waals surface area (Å²) in [5, 5.41) is 2.27. The van der Waals surface area contributed by atoms with E-state index in [0.717, 1.165) is 27.7 Å². The third-order valence-corrected chi connectivity index (χ3v) is 7.15. The lowest BCUT2D eigenvalue weighted by molar-refractivity contribution is 0.565. The maximum Gasteiger partial charge on any atom is 0.352 e. The standard InChI is InChI=1S/C26H24FN2OSi/c1-26(2,3)19-14-15-22(23-17-28-18-25(27)29-23)24(16-19)30-31(20-10-6-4-7-11-20)21-12-8-5-9-13-21/h4-18H,1-3H3. The summed E-state index contributed by atoms with van der Waals surface area (Å²) in [6.45, 7) is 6.48. The summed E-state index contributed by atoms with van der Waals surface area (Å²) in [5.74, 6) is 0.0777. The van der Waals surface area contributed by atoms with Crippen molar-refractivity contribution in [1.29, 1.82) is 0 Å². The predicted octanol–water partition coefficient (Wildman–Crippen LogP) is 4.76. The smallest absolute Gasteiger partial charge is 0.352 e. The van der Waals surface area contributed by atoms with Gasteiger partial charge in [0.15, 0.2) is 0 Å². The van der Waals surface area contributed by atoms with Crippen molar-refractivity contribution in [3.8, 4) is 17.0 Å². The Morgan fingerprint density at radius 2 is 1.42 bits per heavy atom. The van der Waals surface area contributed by atoms with E-state index in [-0.39, 0.29) is 5.41 Å². The van der Waals surface area contributed by atoms with Crippen LogP contribution in [0.25, 0.3) is 11.3 Å². The topological polar surface area (TPSA) is 35.0 Å². The van der Waals surface area contributed by atoms with E-state index >= 15 is 0 Å². The van der Waals surface area contributed by atoms with Gasteiger partial charge in [0.2, 0.25) is 5.95 Å². The number of aromatic nitrogens is 2. The molecule has 1 radical (unpaired) electrons. The molecule has 1 heterocycles. The zero-order valence-electron chi connectivity index (χ0n) is 17.8. The highest BCUT2D eigenvalue weighted by molar-refractivity contribution is 6.80. The molecule has 0 aliphatic heterocycles. The van der Waals surface area contributed by atoms with Crippen molar-refractivity contribution in [2.75, 3.05) is 0 Å². The summed E-state index contributed by atoms with van der Waals surface area (Å²) in [4.78, 5) is 8.03. The van der Waals surface area contributed by atoms with Gasteiger partial charge in [-0.1, -0.05) is 87.5 Å². The van der Waals surface area contributed by atoms with E-state index in [2.05, 4.69) is 61.1 Å². The number of rotatable bonds is 5. The van der Waals surface area contributed by atoms with E-state index in [9.17, 15) is 4.39 Å². The molecule has 0 aliphatic carbocycles. The van der Waals surface area contributed by atoms with E-state index < -0.39 is 15.0 Å². The lowest BCUT2D eigenvalue weighted by Gasteiger charge is -2.24. The molecule has 0 unspecified atom stereocenters. The van der Waals surface area contributed by atoms with Gasteiger partial charge in [0.25, 0.3) is 0 Å². The second-order valence-electron chi connectivity index (χ2n) is 8.35. The Morgan fingerprint density at radius 3 is 1.97 bits per heavy atom. The van der Waals surface area contributed by atoms with Crippen molar-refractivity contribution < 1.29 is 8.82 Å². The highest BCUT2D eigenvalue weighted by Crippen LogP contribution is 2.34. The van der Waals surface area contributed by atoms with Crippen LogP contribution in [-0.4, -0.2) is 19.0 Å². The first-order valence-electron chi connectivity index (χ1n) is 10.2. The number of halogens is 1. The molecule has 0 aliphatic rings. The van der Waals surface area contributed by atoms with Crippen LogP contribution in [-0.2, 0) is 5.41 Å². The Morgan fingerprint density at radius 1 is 0.806 bits per heavy atom. The van der Waals surface area contributed by atoms with E-state index in [0.29, 0.717) is 11.4 Å². The number of hydrogen-bond acceptors (Lipinski definition) is 3. The second-order valence-corrected chi connectivity index (χ2v) is 10.4.